The number of amides is 2. The van der Waals surface area contributed by atoms with Crippen molar-refractivity contribution in [2.24, 2.45) is 5.92 Å². The Bertz CT molecular complexity index is 872. The third-order valence-electron chi connectivity index (χ3n) is 4.58. The second-order valence-electron chi connectivity index (χ2n) is 6.73. The highest BCUT2D eigenvalue weighted by molar-refractivity contribution is 7.98. The van der Waals surface area contributed by atoms with Crippen molar-refractivity contribution in [3.8, 4) is 0 Å². The number of hydrogen-bond donors (Lipinski definition) is 2. The van der Waals surface area contributed by atoms with E-state index in [1.165, 1.54) is 0 Å². The fourth-order valence-electron chi connectivity index (χ4n) is 2.59. The summed E-state index contributed by atoms with van der Waals surface area (Å²) in [6, 6.07) is 12.8. The van der Waals surface area contributed by atoms with Crippen molar-refractivity contribution in [1.82, 2.24) is 5.32 Å². The van der Waals surface area contributed by atoms with Gasteiger partial charge in [-0.1, -0.05) is 31.9 Å². The first-order chi connectivity index (χ1) is 14.3. The molecule has 0 saturated heterocycles. The molecule has 2 aromatic carbocycles. The molecule has 30 heavy (non-hydrogen) atoms. The number of nitrogens with one attached hydrogen (secondary N) is 2. The van der Waals surface area contributed by atoms with E-state index in [4.69, 9.17) is 16.3 Å². The highest BCUT2D eigenvalue weighted by atomic mass is 35.5. The summed E-state index contributed by atoms with van der Waals surface area (Å²) in [5.74, 6) is -1.69. The van der Waals surface area contributed by atoms with Gasteiger partial charge >= 0.3 is 5.97 Å². The maximum absolute atomic E-state index is 12.6. The van der Waals surface area contributed by atoms with Crippen LogP contribution in [-0.2, 0) is 14.3 Å². The molecule has 0 bridgehead atoms. The number of anilines is 1. The number of carbonyl (C=O) groups excluding carboxylic acids is 3. The quantitative estimate of drug-likeness (QED) is 0.439. The van der Waals surface area contributed by atoms with E-state index in [0.717, 1.165) is 4.90 Å². The van der Waals surface area contributed by atoms with E-state index in [2.05, 4.69) is 10.6 Å². The summed E-state index contributed by atoms with van der Waals surface area (Å²) >= 11 is 7.44. The van der Waals surface area contributed by atoms with Gasteiger partial charge in [-0.3, -0.25) is 9.59 Å². The largest absolute Gasteiger partial charge is 0.454 e. The molecule has 2 aromatic rings. The molecule has 8 heteroatoms. The van der Waals surface area contributed by atoms with Crippen molar-refractivity contribution in [3.05, 3.63) is 59.1 Å². The van der Waals surface area contributed by atoms with Crippen molar-refractivity contribution in [2.75, 3.05) is 18.2 Å². The molecular weight excluding hydrogens is 424 g/mol. The molecule has 0 aliphatic heterocycles. The first kappa shape index (κ1) is 23.8. The third-order valence-corrected chi connectivity index (χ3v) is 5.57. The highest BCUT2D eigenvalue weighted by Crippen LogP contribution is 2.17. The predicted molar refractivity (Wildman–Crippen MR) is 120 cm³/mol. The van der Waals surface area contributed by atoms with Gasteiger partial charge < -0.3 is 15.4 Å². The van der Waals surface area contributed by atoms with Crippen molar-refractivity contribution in [1.29, 1.82) is 0 Å². The van der Waals surface area contributed by atoms with Gasteiger partial charge in [-0.2, -0.15) is 0 Å². The first-order valence-electron chi connectivity index (χ1n) is 9.51. The van der Waals surface area contributed by atoms with Crippen LogP contribution in [0.3, 0.4) is 0 Å². The van der Waals surface area contributed by atoms with E-state index in [1.54, 1.807) is 48.2 Å². The van der Waals surface area contributed by atoms with Gasteiger partial charge in [-0.05, 0) is 60.7 Å². The average Bonchev–Trinajstić information content (AvgIpc) is 2.76. The summed E-state index contributed by atoms with van der Waals surface area (Å²) in [4.78, 5) is 38.2. The number of benzene rings is 2. The van der Waals surface area contributed by atoms with Crippen molar-refractivity contribution in [3.63, 3.8) is 0 Å². The topological polar surface area (TPSA) is 84.5 Å². The zero-order chi connectivity index (χ0) is 22.1. The standard InChI is InChI=1S/C22H25ClN2O4S/c1-4-14(2)20(25-21(27)15-5-7-16(23)8-6-15)22(28)29-13-19(26)24-17-9-11-18(30-3)12-10-17/h5-12,14,20H,4,13H2,1-3H3,(H,24,26)(H,25,27)/t14-,20-/m0/s1. The Kier molecular flexibility index (Phi) is 9.20. The lowest BCUT2D eigenvalue weighted by molar-refractivity contribution is -0.150. The van der Waals surface area contributed by atoms with E-state index >= 15 is 0 Å². The first-order valence-corrected chi connectivity index (χ1v) is 11.1. The molecule has 2 rings (SSSR count). The van der Waals surface area contributed by atoms with Crippen LogP contribution < -0.4 is 10.6 Å². The molecule has 160 valence electrons. The lowest BCUT2D eigenvalue weighted by atomic mass is 9.99. The third kappa shape index (κ3) is 7.07. The Morgan fingerprint density at radius 3 is 2.27 bits per heavy atom. The molecule has 0 heterocycles. The van der Waals surface area contributed by atoms with E-state index in [-0.39, 0.29) is 5.92 Å². The van der Waals surface area contributed by atoms with Gasteiger partial charge in [0.25, 0.3) is 11.8 Å². The van der Waals surface area contributed by atoms with Gasteiger partial charge in [0, 0.05) is 21.2 Å². The van der Waals surface area contributed by atoms with E-state index in [0.29, 0.717) is 22.7 Å². The van der Waals surface area contributed by atoms with Crippen molar-refractivity contribution >= 4 is 46.8 Å². The molecule has 2 N–H and O–H groups in total. The number of ether oxygens (including phenoxy) is 1. The lowest BCUT2D eigenvalue weighted by Gasteiger charge is -2.22. The maximum Gasteiger partial charge on any atom is 0.329 e. The summed E-state index contributed by atoms with van der Waals surface area (Å²) < 4.78 is 5.17. The molecule has 0 unspecified atom stereocenters. The minimum Gasteiger partial charge on any atom is -0.454 e. The molecule has 0 aliphatic carbocycles. The fraction of sp³-hybridized carbons (Fsp3) is 0.318. The number of rotatable bonds is 9. The summed E-state index contributed by atoms with van der Waals surface area (Å²) in [7, 11) is 0. The second-order valence-corrected chi connectivity index (χ2v) is 8.04. The Balaban J connectivity index is 1.94. The van der Waals surface area contributed by atoms with Crippen LogP contribution in [0.15, 0.2) is 53.4 Å². The van der Waals surface area contributed by atoms with Crippen LogP contribution in [0.2, 0.25) is 5.02 Å². The Morgan fingerprint density at radius 1 is 1.07 bits per heavy atom. The van der Waals surface area contributed by atoms with Gasteiger partial charge in [-0.25, -0.2) is 4.79 Å². The van der Waals surface area contributed by atoms with Crippen LogP contribution in [0.25, 0.3) is 0 Å². The molecule has 0 radical (unpaired) electrons. The second kappa shape index (κ2) is 11.6. The number of esters is 1. The minimum atomic E-state index is -0.869. The van der Waals surface area contributed by atoms with Crippen LogP contribution >= 0.6 is 23.4 Å². The predicted octanol–water partition coefficient (Wildman–Crippen LogP) is 4.39. The van der Waals surface area contributed by atoms with Crippen LogP contribution in [0.4, 0.5) is 5.69 Å². The number of halogens is 1. The molecule has 0 fully saturated rings. The van der Waals surface area contributed by atoms with Crippen LogP contribution in [0, 0.1) is 5.92 Å². The summed E-state index contributed by atoms with van der Waals surface area (Å²) in [5, 5.41) is 5.89. The lowest BCUT2D eigenvalue weighted by Crippen LogP contribution is -2.46. The normalized spacial score (nSPS) is 12.5. The number of hydrogen-bond acceptors (Lipinski definition) is 5. The Labute approximate surface area is 185 Å². The van der Waals surface area contributed by atoms with Crippen molar-refractivity contribution < 1.29 is 19.1 Å². The molecule has 0 aromatic heterocycles. The monoisotopic (exact) mass is 448 g/mol. The zero-order valence-electron chi connectivity index (χ0n) is 17.1. The molecular formula is C22H25ClN2O4S. The van der Waals surface area contributed by atoms with E-state index in [1.807, 2.05) is 32.2 Å². The maximum atomic E-state index is 12.6. The van der Waals surface area contributed by atoms with E-state index in [9.17, 15) is 14.4 Å². The highest BCUT2D eigenvalue weighted by Gasteiger charge is 2.28. The SMILES string of the molecule is CC[C@H](C)[C@H](NC(=O)c1ccc(Cl)cc1)C(=O)OCC(=O)Nc1ccc(SC)cc1. The summed E-state index contributed by atoms with van der Waals surface area (Å²) in [6.45, 7) is 3.30. The molecule has 0 saturated carbocycles. The van der Waals surface area contributed by atoms with Crippen LogP contribution in [0.1, 0.15) is 30.6 Å². The average molecular weight is 449 g/mol. The molecule has 2 amide bonds. The minimum absolute atomic E-state index is 0.170. The smallest absolute Gasteiger partial charge is 0.329 e. The Hall–Kier alpha value is -2.51. The van der Waals surface area contributed by atoms with Gasteiger partial charge in [0.2, 0.25) is 0 Å². The van der Waals surface area contributed by atoms with Gasteiger partial charge in [0.1, 0.15) is 6.04 Å². The zero-order valence-corrected chi connectivity index (χ0v) is 18.7. The summed E-state index contributed by atoms with van der Waals surface area (Å²) in [6.07, 6.45) is 2.61. The van der Waals surface area contributed by atoms with Crippen molar-refractivity contribution in [2.45, 2.75) is 31.2 Å². The molecule has 6 nitrogen and oxygen atoms in total. The Morgan fingerprint density at radius 2 is 1.70 bits per heavy atom. The van der Waals surface area contributed by atoms with E-state index < -0.39 is 30.4 Å². The fourth-order valence-corrected chi connectivity index (χ4v) is 3.13. The van der Waals surface area contributed by atoms with Gasteiger partial charge in [-0.15, -0.1) is 11.8 Å². The van der Waals surface area contributed by atoms with Crippen LogP contribution in [-0.4, -0.2) is 36.7 Å². The number of thioether (sulfide) groups is 1. The van der Waals surface area contributed by atoms with Crippen LogP contribution in [0.5, 0.6) is 0 Å². The van der Waals surface area contributed by atoms with Gasteiger partial charge in [0.15, 0.2) is 6.61 Å². The summed E-state index contributed by atoms with van der Waals surface area (Å²) in [5.41, 5.74) is 0.996. The molecule has 0 aliphatic rings. The van der Waals surface area contributed by atoms with Gasteiger partial charge in [0.05, 0.1) is 0 Å². The number of carbonyl (C=O) groups is 3. The molecule has 2 atom stereocenters. The molecule has 0 spiro atoms.